The van der Waals surface area contributed by atoms with Crippen LogP contribution in [0.1, 0.15) is 47.3 Å². The zero-order valence-corrected chi connectivity index (χ0v) is 16.9. The van der Waals surface area contributed by atoms with Crippen molar-refractivity contribution >= 4 is 16.8 Å². The first-order valence-corrected chi connectivity index (χ1v) is 10.8. The lowest BCUT2D eigenvalue weighted by atomic mass is 9.73. The van der Waals surface area contributed by atoms with Gasteiger partial charge in [-0.05, 0) is 48.2 Å². The van der Waals surface area contributed by atoms with Gasteiger partial charge < -0.3 is 14.4 Å². The highest BCUT2D eigenvalue weighted by molar-refractivity contribution is 5.95. The summed E-state index contributed by atoms with van der Waals surface area (Å²) in [5.74, 6) is 1.65. The molecule has 0 unspecified atom stereocenters. The molecule has 30 heavy (non-hydrogen) atoms. The minimum absolute atomic E-state index is 0.00701. The zero-order chi connectivity index (χ0) is 20.1. The van der Waals surface area contributed by atoms with Crippen molar-refractivity contribution in [3.63, 3.8) is 0 Å². The van der Waals surface area contributed by atoms with Crippen molar-refractivity contribution in [3.05, 3.63) is 65.4 Å². The SMILES string of the molecule is O=C(c1ccc2ccccc2n1)N1Cc2cc3c(cc2C2(CCCC2)C1)OCCO3. The first-order valence-electron chi connectivity index (χ1n) is 10.8. The Balaban J connectivity index is 1.40. The molecule has 1 aliphatic carbocycles. The fourth-order valence-corrected chi connectivity index (χ4v) is 5.44. The first-order chi connectivity index (χ1) is 14.7. The van der Waals surface area contributed by atoms with E-state index < -0.39 is 0 Å². The number of carbonyl (C=O) groups is 1. The van der Waals surface area contributed by atoms with Crippen molar-refractivity contribution in [3.8, 4) is 11.5 Å². The third-order valence-corrected chi connectivity index (χ3v) is 6.86. The van der Waals surface area contributed by atoms with Crippen LogP contribution in [0.25, 0.3) is 10.9 Å². The molecule has 0 N–H and O–H groups in total. The molecular formula is C25H24N2O3. The number of hydrogen-bond donors (Lipinski definition) is 0. The van der Waals surface area contributed by atoms with Gasteiger partial charge in [0.25, 0.3) is 5.91 Å². The van der Waals surface area contributed by atoms with E-state index in [1.54, 1.807) is 0 Å². The standard InChI is InChI=1S/C25H24N2O3/c28-24(21-8-7-17-5-1-2-6-20(17)26-21)27-15-18-13-22-23(30-12-11-29-22)14-19(18)25(16-27)9-3-4-10-25/h1-2,5-8,13-14H,3-4,9-12,15-16H2. The van der Waals surface area contributed by atoms with E-state index in [-0.39, 0.29) is 11.3 Å². The quantitative estimate of drug-likeness (QED) is 0.605. The summed E-state index contributed by atoms with van der Waals surface area (Å²) in [4.78, 5) is 20.1. The van der Waals surface area contributed by atoms with Crippen molar-refractivity contribution in [1.82, 2.24) is 9.88 Å². The number of amides is 1. The Morgan fingerprint density at radius 1 is 0.967 bits per heavy atom. The van der Waals surface area contributed by atoms with E-state index in [0.29, 0.717) is 25.5 Å². The predicted molar refractivity (Wildman–Crippen MR) is 114 cm³/mol. The number of para-hydroxylation sites is 1. The molecule has 152 valence electrons. The van der Waals surface area contributed by atoms with Crippen LogP contribution in [0.2, 0.25) is 0 Å². The van der Waals surface area contributed by atoms with E-state index in [1.165, 1.54) is 24.0 Å². The monoisotopic (exact) mass is 400 g/mol. The molecule has 1 fully saturated rings. The normalized spacial score (nSPS) is 19.1. The summed E-state index contributed by atoms with van der Waals surface area (Å²) < 4.78 is 11.7. The fourth-order valence-electron chi connectivity index (χ4n) is 5.44. The molecule has 2 aliphatic heterocycles. The molecular weight excluding hydrogens is 376 g/mol. The van der Waals surface area contributed by atoms with Gasteiger partial charge in [-0.25, -0.2) is 4.98 Å². The summed E-state index contributed by atoms with van der Waals surface area (Å²) in [5.41, 5.74) is 3.91. The van der Waals surface area contributed by atoms with E-state index >= 15 is 0 Å². The number of pyridine rings is 1. The van der Waals surface area contributed by atoms with Gasteiger partial charge in [0.15, 0.2) is 11.5 Å². The first kappa shape index (κ1) is 17.8. The predicted octanol–water partition coefficient (Wildman–Crippen LogP) is 4.47. The number of hydrogen-bond acceptors (Lipinski definition) is 4. The third-order valence-electron chi connectivity index (χ3n) is 6.86. The minimum atomic E-state index is 0.00701. The van der Waals surface area contributed by atoms with E-state index in [4.69, 9.17) is 9.47 Å². The summed E-state index contributed by atoms with van der Waals surface area (Å²) in [6.45, 7) is 2.49. The van der Waals surface area contributed by atoms with Gasteiger partial charge in [0.05, 0.1) is 5.52 Å². The van der Waals surface area contributed by atoms with Gasteiger partial charge in [-0.15, -0.1) is 0 Å². The molecule has 0 atom stereocenters. The largest absolute Gasteiger partial charge is 0.486 e. The third kappa shape index (κ3) is 2.76. The molecule has 0 saturated heterocycles. The van der Waals surface area contributed by atoms with Gasteiger partial charge in [-0.3, -0.25) is 4.79 Å². The molecule has 0 radical (unpaired) electrons. The maximum Gasteiger partial charge on any atom is 0.272 e. The summed E-state index contributed by atoms with van der Waals surface area (Å²) in [5, 5.41) is 1.05. The van der Waals surface area contributed by atoms with Crippen molar-refractivity contribution in [2.45, 2.75) is 37.6 Å². The molecule has 5 nitrogen and oxygen atoms in total. The molecule has 1 saturated carbocycles. The molecule has 1 aromatic heterocycles. The second-order valence-electron chi connectivity index (χ2n) is 8.69. The average molecular weight is 400 g/mol. The second-order valence-corrected chi connectivity index (χ2v) is 8.69. The lowest BCUT2D eigenvalue weighted by molar-refractivity contribution is 0.0663. The van der Waals surface area contributed by atoms with Gasteiger partial charge in [0, 0.05) is 23.9 Å². The Labute approximate surface area is 175 Å². The van der Waals surface area contributed by atoms with Crippen molar-refractivity contribution in [1.29, 1.82) is 0 Å². The molecule has 3 aliphatic rings. The minimum Gasteiger partial charge on any atom is -0.486 e. The van der Waals surface area contributed by atoms with Crippen molar-refractivity contribution in [2.75, 3.05) is 19.8 Å². The Kier molecular flexibility index (Phi) is 3.98. The average Bonchev–Trinajstić information content (AvgIpc) is 3.26. The second kappa shape index (κ2) is 6.73. The number of nitrogens with zero attached hydrogens (tertiary/aromatic N) is 2. The highest BCUT2D eigenvalue weighted by atomic mass is 16.6. The number of aromatic nitrogens is 1. The number of benzene rings is 2. The number of rotatable bonds is 1. The Hall–Kier alpha value is -3.08. The van der Waals surface area contributed by atoms with Gasteiger partial charge in [-0.2, -0.15) is 0 Å². The molecule has 1 amide bonds. The van der Waals surface area contributed by atoms with E-state index in [1.807, 2.05) is 41.3 Å². The smallest absolute Gasteiger partial charge is 0.272 e. The van der Waals surface area contributed by atoms with Crippen LogP contribution in [-0.2, 0) is 12.0 Å². The maximum absolute atomic E-state index is 13.5. The van der Waals surface area contributed by atoms with E-state index in [9.17, 15) is 4.79 Å². The molecule has 1 spiro atoms. The van der Waals surface area contributed by atoms with E-state index in [0.717, 1.165) is 41.8 Å². The molecule has 3 heterocycles. The summed E-state index contributed by atoms with van der Waals surface area (Å²) in [6.07, 6.45) is 4.61. The number of carbonyl (C=O) groups excluding carboxylic acids is 1. The highest BCUT2D eigenvalue weighted by Crippen LogP contribution is 2.49. The Morgan fingerprint density at radius 3 is 2.57 bits per heavy atom. The topological polar surface area (TPSA) is 51.7 Å². The van der Waals surface area contributed by atoms with Crippen LogP contribution in [0.5, 0.6) is 11.5 Å². The maximum atomic E-state index is 13.5. The lowest BCUT2D eigenvalue weighted by Crippen LogP contribution is -2.47. The number of fused-ring (bicyclic) bond motifs is 4. The zero-order valence-electron chi connectivity index (χ0n) is 16.9. The van der Waals surface area contributed by atoms with Crippen molar-refractivity contribution in [2.24, 2.45) is 0 Å². The van der Waals surface area contributed by atoms with Crippen LogP contribution in [-0.4, -0.2) is 35.5 Å². The van der Waals surface area contributed by atoms with Gasteiger partial charge in [-0.1, -0.05) is 37.1 Å². The molecule has 5 heteroatoms. The summed E-state index contributed by atoms with van der Waals surface area (Å²) in [6, 6.07) is 16.0. The molecule has 0 bridgehead atoms. The number of ether oxygens (including phenoxy) is 2. The Bertz CT molecular complexity index is 1150. The van der Waals surface area contributed by atoms with Gasteiger partial charge in [0.2, 0.25) is 0 Å². The van der Waals surface area contributed by atoms with E-state index in [2.05, 4.69) is 17.1 Å². The van der Waals surface area contributed by atoms with Crippen LogP contribution in [0.3, 0.4) is 0 Å². The van der Waals surface area contributed by atoms with Crippen LogP contribution < -0.4 is 9.47 Å². The summed E-state index contributed by atoms with van der Waals surface area (Å²) >= 11 is 0. The molecule has 6 rings (SSSR count). The molecule has 3 aromatic rings. The van der Waals surface area contributed by atoms with Crippen LogP contribution >= 0.6 is 0 Å². The van der Waals surface area contributed by atoms with Crippen LogP contribution in [0.15, 0.2) is 48.5 Å². The fraction of sp³-hybridized carbons (Fsp3) is 0.360. The van der Waals surface area contributed by atoms with Crippen LogP contribution in [0, 0.1) is 0 Å². The summed E-state index contributed by atoms with van der Waals surface area (Å²) in [7, 11) is 0. The highest BCUT2D eigenvalue weighted by Gasteiger charge is 2.44. The van der Waals surface area contributed by atoms with Gasteiger partial charge >= 0.3 is 0 Å². The van der Waals surface area contributed by atoms with Crippen LogP contribution in [0.4, 0.5) is 0 Å². The Morgan fingerprint density at radius 2 is 1.73 bits per heavy atom. The van der Waals surface area contributed by atoms with Crippen molar-refractivity contribution < 1.29 is 14.3 Å². The lowest BCUT2D eigenvalue weighted by Gasteiger charge is -2.42. The molecule has 2 aromatic carbocycles. The van der Waals surface area contributed by atoms with Gasteiger partial charge in [0.1, 0.15) is 18.9 Å².